The Morgan fingerprint density at radius 2 is 1.67 bits per heavy atom. The van der Waals surface area contributed by atoms with E-state index in [1.54, 1.807) is 0 Å². The second-order valence-corrected chi connectivity index (χ2v) is 4.53. The molecule has 0 saturated heterocycles. The summed E-state index contributed by atoms with van der Waals surface area (Å²) in [5, 5.41) is 0.0931. The summed E-state index contributed by atoms with van der Waals surface area (Å²) in [5.74, 6) is 0. The molecule has 0 aromatic heterocycles. The van der Waals surface area contributed by atoms with Crippen LogP contribution < -0.4 is 0 Å². The van der Waals surface area contributed by atoms with E-state index in [4.69, 9.17) is 11.6 Å². The van der Waals surface area contributed by atoms with Gasteiger partial charge in [-0.15, -0.1) is 11.6 Å². The maximum atomic E-state index is 5.98. The van der Waals surface area contributed by atoms with Gasteiger partial charge in [0.25, 0.3) is 0 Å². The zero-order chi connectivity index (χ0) is 9.30. The normalized spacial score (nSPS) is 13.1. The van der Waals surface area contributed by atoms with Gasteiger partial charge in [-0.3, -0.25) is 0 Å². The summed E-state index contributed by atoms with van der Waals surface area (Å²) in [4.78, 5) is 0. The third kappa shape index (κ3) is 2.02. The van der Waals surface area contributed by atoms with Crippen LogP contribution in [0.3, 0.4) is 0 Å². The van der Waals surface area contributed by atoms with Gasteiger partial charge in [-0.05, 0) is 37.5 Å². The molecular formula is C10H12BrCl. The summed E-state index contributed by atoms with van der Waals surface area (Å²) in [7, 11) is 0. The maximum absolute atomic E-state index is 5.98. The molecule has 0 radical (unpaired) electrons. The van der Waals surface area contributed by atoms with Gasteiger partial charge in [-0.25, -0.2) is 0 Å². The van der Waals surface area contributed by atoms with Gasteiger partial charge in [-0.1, -0.05) is 28.1 Å². The lowest BCUT2D eigenvalue weighted by atomic mass is 10.1. The van der Waals surface area contributed by atoms with Crippen molar-refractivity contribution in [3.63, 3.8) is 0 Å². The SMILES string of the molecule is Cc1cc(C(C)Cl)cc(C)c1Br. The molecule has 0 spiro atoms. The molecular weight excluding hydrogens is 235 g/mol. The Morgan fingerprint density at radius 1 is 1.25 bits per heavy atom. The lowest BCUT2D eigenvalue weighted by Gasteiger charge is -2.08. The zero-order valence-electron chi connectivity index (χ0n) is 7.49. The van der Waals surface area contributed by atoms with Crippen LogP contribution in [0, 0.1) is 13.8 Å². The number of hydrogen-bond acceptors (Lipinski definition) is 0. The van der Waals surface area contributed by atoms with Gasteiger partial charge >= 0.3 is 0 Å². The van der Waals surface area contributed by atoms with Crippen molar-refractivity contribution in [1.82, 2.24) is 0 Å². The van der Waals surface area contributed by atoms with E-state index in [2.05, 4.69) is 41.9 Å². The van der Waals surface area contributed by atoms with Crippen molar-refractivity contribution in [2.45, 2.75) is 26.1 Å². The van der Waals surface area contributed by atoms with Crippen molar-refractivity contribution < 1.29 is 0 Å². The second kappa shape index (κ2) is 3.80. The molecule has 1 rings (SSSR count). The Morgan fingerprint density at radius 3 is 2.00 bits per heavy atom. The van der Waals surface area contributed by atoms with Crippen LogP contribution in [-0.4, -0.2) is 0 Å². The van der Waals surface area contributed by atoms with Crippen molar-refractivity contribution in [1.29, 1.82) is 0 Å². The molecule has 66 valence electrons. The summed E-state index contributed by atoms with van der Waals surface area (Å²) in [6, 6.07) is 4.24. The fourth-order valence-corrected chi connectivity index (χ4v) is 1.56. The minimum Gasteiger partial charge on any atom is -0.118 e. The molecule has 0 heterocycles. The maximum Gasteiger partial charge on any atom is 0.0557 e. The van der Waals surface area contributed by atoms with Crippen LogP contribution in [0.15, 0.2) is 16.6 Å². The van der Waals surface area contributed by atoms with Crippen LogP contribution in [-0.2, 0) is 0 Å². The van der Waals surface area contributed by atoms with E-state index in [1.165, 1.54) is 21.2 Å². The standard InChI is InChI=1S/C10H12BrCl/c1-6-4-9(8(3)12)5-7(2)10(6)11/h4-5,8H,1-3H3. The lowest BCUT2D eigenvalue weighted by Crippen LogP contribution is -1.89. The predicted molar refractivity (Wildman–Crippen MR) is 57.9 cm³/mol. The Kier molecular flexibility index (Phi) is 3.19. The average molecular weight is 248 g/mol. The third-order valence-electron chi connectivity index (χ3n) is 1.92. The molecule has 0 saturated carbocycles. The third-order valence-corrected chi connectivity index (χ3v) is 3.42. The fraction of sp³-hybridized carbons (Fsp3) is 0.400. The molecule has 1 unspecified atom stereocenters. The monoisotopic (exact) mass is 246 g/mol. The van der Waals surface area contributed by atoms with E-state index in [1.807, 2.05) is 6.92 Å². The smallest absolute Gasteiger partial charge is 0.0557 e. The lowest BCUT2D eigenvalue weighted by molar-refractivity contribution is 1.07. The molecule has 2 heteroatoms. The first-order valence-corrected chi connectivity index (χ1v) is 5.16. The Balaban J connectivity index is 3.21. The van der Waals surface area contributed by atoms with Crippen LogP contribution in [0.5, 0.6) is 0 Å². The number of hydrogen-bond donors (Lipinski definition) is 0. The van der Waals surface area contributed by atoms with Gasteiger partial charge in [0.15, 0.2) is 0 Å². The minimum absolute atomic E-state index is 0.0931. The van der Waals surface area contributed by atoms with E-state index in [0.29, 0.717) is 0 Å². The van der Waals surface area contributed by atoms with E-state index < -0.39 is 0 Å². The number of alkyl halides is 1. The molecule has 0 nitrogen and oxygen atoms in total. The highest BCUT2D eigenvalue weighted by Gasteiger charge is 2.05. The average Bonchev–Trinajstić information content (AvgIpc) is 1.99. The number of rotatable bonds is 1. The molecule has 12 heavy (non-hydrogen) atoms. The summed E-state index contributed by atoms with van der Waals surface area (Å²) >= 11 is 9.50. The Hall–Kier alpha value is -0.0100. The first kappa shape index (κ1) is 10.1. The van der Waals surface area contributed by atoms with Crippen molar-refractivity contribution >= 4 is 27.5 Å². The van der Waals surface area contributed by atoms with Gasteiger partial charge in [0, 0.05) is 4.47 Å². The quantitative estimate of drug-likeness (QED) is 0.647. The molecule has 0 aliphatic heterocycles. The highest BCUT2D eigenvalue weighted by molar-refractivity contribution is 9.10. The van der Waals surface area contributed by atoms with Gasteiger partial charge < -0.3 is 0 Å². The van der Waals surface area contributed by atoms with Crippen LogP contribution in [0.1, 0.15) is 29.0 Å². The van der Waals surface area contributed by atoms with Crippen LogP contribution in [0.4, 0.5) is 0 Å². The highest BCUT2D eigenvalue weighted by atomic mass is 79.9. The molecule has 0 aliphatic rings. The Labute approximate surface area is 87.1 Å². The molecule has 0 amide bonds. The molecule has 0 N–H and O–H groups in total. The summed E-state index contributed by atoms with van der Waals surface area (Å²) in [6.07, 6.45) is 0. The van der Waals surface area contributed by atoms with Crippen molar-refractivity contribution in [2.75, 3.05) is 0 Å². The number of halogens is 2. The summed E-state index contributed by atoms with van der Waals surface area (Å²) < 4.78 is 1.18. The Bertz CT molecular complexity index is 269. The van der Waals surface area contributed by atoms with Crippen molar-refractivity contribution in [3.8, 4) is 0 Å². The zero-order valence-corrected chi connectivity index (χ0v) is 9.83. The first-order chi connectivity index (χ1) is 5.52. The van der Waals surface area contributed by atoms with Crippen LogP contribution >= 0.6 is 27.5 Å². The van der Waals surface area contributed by atoms with E-state index in [-0.39, 0.29) is 5.38 Å². The van der Waals surface area contributed by atoms with Crippen LogP contribution in [0.2, 0.25) is 0 Å². The highest BCUT2D eigenvalue weighted by Crippen LogP contribution is 2.27. The van der Waals surface area contributed by atoms with E-state index >= 15 is 0 Å². The first-order valence-electron chi connectivity index (χ1n) is 3.93. The van der Waals surface area contributed by atoms with E-state index in [0.717, 1.165) is 0 Å². The van der Waals surface area contributed by atoms with Gasteiger partial charge in [0.05, 0.1) is 5.38 Å². The fourth-order valence-electron chi connectivity index (χ4n) is 1.21. The minimum atomic E-state index is 0.0931. The second-order valence-electron chi connectivity index (χ2n) is 3.08. The topological polar surface area (TPSA) is 0 Å². The van der Waals surface area contributed by atoms with Crippen molar-refractivity contribution in [3.05, 3.63) is 33.3 Å². The van der Waals surface area contributed by atoms with Gasteiger partial charge in [-0.2, -0.15) is 0 Å². The number of aryl methyl sites for hydroxylation is 2. The summed E-state index contributed by atoms with van der Waals surface area (Å²) in [6.45, 7) is 6.16. The molecule has 1 atom stereocenters. The largest absolute Gasteiger partial charge is 0.118 e. The molecule has 1 aromatic rings. The molecule has 0 fully saturated rings. The van der Waals surface area contributed by atoms with Gasteiger partial charge in [0.2, 0.25) is 0 Å². The molecule has 0 bridgehead atoms. The molecule has 1 aromatic carbocycles. The molecule has 0 aliphatic carbocycles. The van der Waals surface area contributed by atoms with Crippen molar-refractivity contribution in [2.24, 2.45) is 0 Å². The van der Waals surface area contributed by atoms with Gasteiger partial charge in [0.1, 0.15) is 0 Å². The van der Waals surface area contributed by atoms with Crippen LogP contribution in [0.25, 0.3) is 0 Å². The summed E-state index contributed by atoms with van der Waals surface area (Å²) in [5.41, 5.74) is 3.69. The number of benzene rings is 1. The van der Waals surface area contributed by atoms with E-state index in [9.17, 15) is 0 Å². The predicted octanol–water partition coefficient (Wildman–Crippen LogP) is 4.37.